The molecule has 5 nitrogen and oxygen atoms in total. The summed E-state index contributed by atoms with van der Waals surface area (Å²) in [6, 6.07) is 59.6. The van der Waals surface area contributed by atoms with Gasteiger partial charge in [-0.3, -0.25) is 0 Å². The maximum atomic E-state index is 6.35. The number of fused-ring (bicyclic) bond motifs is 10. The third-order valence-corrected chi connectivity index (χ3v) is 12.0. The molecule has 0 saturated heterocycles. The molecule has 0 spiro atoms. The number of furan rings is 1. The molecule has 6 heteroatoms. The highest BCUT2D eigenvalue weighted by Gasteiger charge is 2.25. The van der Waals surface area contributed by atoms with E-state index in [1.807, 2.05) is 48.5 Å². The van der Waals surface area contributed by atoms with Gasteiger partial charge in [-0.1, -0.05) is 121 Å². The number of benzene rings is 8. The topological polar surface area (TPSA) is 56.7 Å². The molecular weight excluding hydrogens is 693 g/mol. The van der Waals surface area contributed by atoms with E-state index >= 15 is 0 Å². The van der Waals surface area contributed by atoms with Crippen LogP contribution >= 0.6 is 11.3 Å². The standard InChI is InChI=1S/C49H28N4OS/c1-2-13-29(14-3-1)47-50-48(35-20-12-23-41-44(35)33-18-7-10-22-40(33)54-41)52-49(51-47)46-38(25-26-43-45(46)34-19-8-11-24-42(34)55-43)53-37-21-9-6-17-32(37)36-27-30-15-4-5-16-31(30)28-39(36)53/h1-28H. The summed E-state index contributed by atoms with van der Waals surface area (Å²) in [5.74, 6) is 1.82. The molecule has 0 aliphatic rings. The molecule has 256 valence electrons. The molecule has 12 rings (SSSR count). The molecule has 0 saturated carbocycles. The number of hydrogen-bond acceptors (Lipinski definition) is 5. The molecule has 12 aromatic rings. The van der Waals surface area contributed by atoms with Gasteiger partial charge < -0.3 is 8.98 Å². The number of aromatic nitrogens is 4. The fourth-order valence-electron chi connectivity index (χ4n) is 8.42. The lowest BCUT2D eigenvalue weighted by atomic mass is 10.0. The van der Waals surface area contributed by atoms with Gasteiger partial charge >= 0.3 is 0 Å². The van der Waals surface area contributed by atoms with Crippen LogP contribution in [-0.4, -0.2) is 19.5 Å². The van der Waals surface area contributed by atoms with E-state index < -0.39 is 0 Å². The Morgan fingerprint density at radius 2 is 1.13 bits per heavy atom. The molecule has 0 atom stereocenters. The van der Waals surface area contributed by atoms with Crippen molar-refractivity contribution in [1.29, 1.82) is 0 Å². The van der Waals surface area contributed by atoms with Crippen molar-refractivity contribution in [2.24, 2.45) is 0 Å². The van der Waals surface area contributed by atoms with Gasteiger partial charge in [0.1, 0.15) is 11.2 Å². The molecule has 4 heterocycles. The van der Waals surface area contributed by atoms with Gasteiger partial charge in [0.25, 0.3) is 0 Å². The van der Waals surface area contributed by atoms with Crippen LogP contribution in [0.2, 0.25) is 0 Å². The summed E-state index contributed by atoms with van der Waals surface area (Å²) in [6.45, 7) is 0. The second kappa shape index (κ2) is 11.7. The van der Waals surface area contributed by atoms with Crippen molar-refractivity contribution >= 4 is 86.0 Å². The zero-order chi connectivity index (χ0) is 36.0. The summed E-state index contributed by atoms with van der Waals surface area (Å²) >= 11 is 1.80. The molecule has 0 aliphatic heterocycles. The average Bonchev–Trinajstić information content (AvgIpc) is 3.92. The lowest BCUT2D eigenvalue weighted by Crippen LogP contribution is -2.04. The minimum absolute atomic E-state index is 0.594. The molecule has 8 aromatic carbocycles. The first-order chi connectivity index (χ1) is 27.3. The van der Waals surface area contributed by atoms with Gasteiger partial charge in [0.2, 0.25) is 0 Å². The van der Waals surface area contributed by atoms with Gasteiger partial charge in [0.05, 0.1) is 22.3 Å². The summed E-state index contributed by atoms with van der Waals surface area (Å²) < 4.78 is 11.2. The summed E-state index contributed by atoms with van der Waals surface area (Å²) in [4.78, 5) is 16.1. The molecule has 0 unspecified atom stereocenters. The zero-order valence-corrected chi connectivity index (χ0v) is 30.1. The van der Waals surface area contributed by atoms with Crippen molar-refractivity contribution in [2.45, 2.75) is 0 Å². The molecule has 0 fully saturated rings. The molecule has 0 bridgehead atoms. The van der Waals surface area contributed by atoms with Crippen molar-refractivity contribution < 1.29 is 4.42 Å². The highest BCUT2D eigenvalue weighted by atomic mass is 32.1. The molecular formula is C49H28N4OS. The van der Waals surface area contributed by atoms with Gasteiger partial charge in [-0.25, -0.2) is 15.0 Å². The van der Waals surface area contributed by atoms with Gasteiger partial charge in [-0.15, -0.1) is 11.3 Å². The number of thiophene rings is 1. The lowest BCUT2D eigenvalue weighted by Gasteiger charge is -2.16. The van der Waals surface area contributed by atoms with Crippen molar-refractivity contribution in [2.75, 3.05) is 0 Å². The highest BCUT2D eigenvalue weighted by Crippen LogP contribution is 2.46. The van der Waals surface area contributed by atoms with Crippen molar-refractivity contribution in [3.8, 4) is 39.9 Å². The van der Waals surface area contributed by atoms with E-state index in [0.29, 0.717) is 17.5 Å². The van der Waals surface area contributed by atoms with Crippen LogP contribution in [0.3, 0.4) is 0 Å². The number of hydrogen-bond donors (Lipinski definition) is 0. The largest absolute Gasteiger partial charge is 0.456 e. The third-order valence-electron chi connectivity index (χ3n) is 10.8. The number of para-hydroxylation sites is 2. The smallest absolute Gasteiger partial charge is 0.166 e. The van der Waals surface area contributed by atoms with Gasteiger partial charge in [-0.2, -0.15) is 0 Å². The van der Waals surface area contributed by atoms with Crippen LogP contribution in [0.5, 0.6) is 0 Å². The van der Waals surface area contributed by atoms with E-state index in [9.17, 15) is 0 Å². The quantitative estimate of drug-likeness (QED) is 0.182. The Morgan fingerprint density at radius 1 is 0.436 bits per heavy atom. The van der Waals surface area contributed by atoms with Crippen LogP contribution < -0.4 is 0 Å². The number of nitrogens with zero attached hydrogens (tertiary/aromatic N) is 4. The Morgan fingerprint density at radius 3 is 2.02 bits per heavy atom. The zero-order valence-electron chi connectivity index (χ0n) is 29.3. The summed E-state index contributed by atoms with van der Waals surface area (Å²) in [6.07, 6.45) is 0. The third kappa shape index (κ3) is 4.55. The van der Waals surface area contributed by atoms with Crippen LogP contribution in [0.15, 0.2) is 174 Å². The fourth-order valence-corrected chi connectivity index (χ4v) is 9.53. The molecule has 0 amide bonds. The molecule has 55 heavy (non-hydrogen) atoms. The molecule has 0 N–H and O–H groups in total. The first-order valence-corrected chi connectivity index (χ1v) is 19.2. The Balaban J connectivity index is 1.24. The summed E-state index contributed by atoms with van der Waals surface area (Å²) in [7, 11) is 0. The second-order valence-electron chi connectivity index (χ2n) is 13.9. The van der Waals surface area contributed by atoms with Crippen molar-refractivity contribution in [3.05, 3.63) is 170 Å². The minimum atomic E-state index is 0.594. The van der Waals surface area contributed by atoms with Gasteiger partial charge in [0, 0.05) is 52.8 Å². The first kappa shape index (κ1) is 30.3. The first-order valence-electron chi connectivity index (χ1n) is 18.4. The Bertz CT molecular complexity index is 3500. The molecule has 4 aromatic heterocycles. The van der Waals surface area contributed by atoms with Crippen LogP contribution in [0, 0.1) is 0 Å². The monoisotopic (exact) mass is 720 g/mol. The Kier molecular flexibility index (Phi) is 6.44. The SMILES string of the molecule is c1ccc(-c2nc(-c3cccc4oc5ccccc5c34)nc(-c3c(-n4c5ccccc5c5cc6ccccc6cc54)ccc4sc5ccccc5c34)n2)cc1. The summed E-state index contributed by atoms with van der Waals surface area (Å²) in [5.41, 5.74) is 7.69. The van der Waals surface area contributed by atoms with E-state index in [-0.39, 0.29) is 0 Å². The normalized spacial score (nSPS) is 12.0. The fraction of sp³-hybridized carbons (Fsp3) is 0. The van der Waals surface area contributed by atoms with Gasteiger partial charge in [0.15, 0.2) is 17.5 Å². The second-order valence-corrected chi connectivity index (χ2v) is 15.0. The predicted molar refractivity (Wildman–Crippen MR) is 228 cm³/mol. The van der Waals surface area contributed by atoms with Crippen molar-refractivity contribution in [1.82, 2.24) is 19.5 Å². The molecule has 0 radical (unpaired) electrons. The van der Waals surface area contributed by atoms with Crippen LogP contribution in [0.4, 0.5) is 0 Å². The van der Waals surface area contributed by atoms with Crippen molar-refractivity contribution in [3.63, 3.8) is 0 Å². The maximum absolute atomic E-state index is 6.35. The number of rotatable bonds is 4. The molecule has 0 aliphatic carbocycles. The average molecular weight is 721 g/mol. The minimum Gasteiger partial charge on any atom is -0.456 e. The van der Waals surface area contributed by atoms with Crippen LogP contribution in [0.25, 0.3) is 115 Å². The van der Waals surface area contributed by atoms with E-state index in [4.69, 9.17) is 19.4 Å². The highest BCUT2D eigenvalue weighted by molar-refractivity contribution is 7.26. The van der Waals surface area contributed by atoms with E-state index in [2.05, 4.69) is 126 Å². The Hall–Kier alpha value is -7.15. The lowest BCUT2D eigenvalue weighted by molar-refractivity contribution is 0.669. The van der Waals surface area contributed by atoms with Crippen LogP contribution in [0.1, 0.15) is 0 Å². The van der Waals surface area contributed by atoms with E-state index in [0.717, 1.165) is 60.7 Å². The van der Waals surface area contributed by atoms with E-state index in [1.165, 1.54) is 36.3 Å². The summed E-state index contributed by atoms with van der Waals surface area (Å²) in [5, 5.41) is 9.14. The predicted octanol–water partition coefficient (Wildman–Crippen LogP) is 13.4. The van der Waals surface area contributed by atoms with Crippen LogP contribution in [-0.2, 0) is 0 Å². The van der Waals surface area contributed by atoms with Gasteiger partial charge in [-0.05, 0) is 59.3 Å². The maximum Gasteiger partial charge on any atom is 0.166 e. The Labute approximate surface area is 318 Å². The van der Waals surface area contributed by atoms with E-state index in [1.54, 1.807) is 11.3 Å².